The lowest BCUT2D eigenvalue weighted by molar-refractivity contribution is -0.136. The van der Waals surface area contributed by atoms with Crippen molar-refractivity contribution in [1.29, 1.82) is 0 Å². The Kier molecular flexibility index (Phi) is 16.2. The Morgan fingerprint density at radius 1 is 0.918 bits per heavy atom. The van der Waals surface area contributed by atoms with Crippen LogP contribution in [0.3, 0.4) is 0 Å². The standard InChI is InChI=1S/C34H49N7O8/c1-23(42)36-13-11-29(33(46)37-14-18-48-17-12-35)39-31(44)19-25-7-3-4-8-26(25)21-38-34(47)30(20-28-10-6-16-49-28)40-32(45)27-9-5-15-41(22-27)24(2)43/h3-4,6-8,10,16,27,29-30H,5,9,11-15,17-22,35H2,1-2H3,(H,36,42)(H,37,46)(H,38,47)(H,39,44)(H,40,45)/t27-,29+,30-/m1/s1. The van der Waals surface area contributed by atoms with Crippen LogP contribution in [0, 0.1) is 5.92 Å². The van der Waals surface area contributed by atoms with Crippen molar-refractivity contribution >= 4 is 35.4 Å². The molecule has 1 aromatic carbocycles. The number of nitrogens with two attached hydrogens (primary N) is 1. The van der Waals surface area contributed by atoms with E-state index < -0.39 is 35.7 Å². The van der Waals surface area contributed by atoms with E-state index in [1.54, 1.807) is 41.3 Å². The SMILES string of the molecule is CC(=O)NCC[C@H](NC(=O)Cc1ccccc1CNC(=O)[C@@H](Cc1ccco1)NC(=O)[C@@H]1CCCN(C(C)=O)C1)C(=O)NCCOCCN. The molecule has 7 N–H and O–H groups in total. The minimum absolute atomic E-state index is 0.0730. The predicted molar refractivity (Wildman–Crippen MR) is 179 cm³/mol. The molecule has 0 bridgehead atoms. The van der Waals surface area contributed by atoms with Crippen molar-refractivity contribution < 1.29 is 37.9 Å². The Bertz CT molecular complexity index is 1400. The topological polar surface area (TPSA) is 214 Å². The molecule has 1 aliphatic rings. The highest BCUT2D eigenvalue weighted by molar-refractivity contribution is 5.90. The monoisotopic (exact) mass is 683 g/mol. The lowest BCUT2D eigenvalue weighted by atomic mass is 9.96. The molecule has 3 atom stereocenters. The van der Waals surface area contributed by atoms with Crippen molar-refractivity contribution in [3.05, 3.63) is 59.5 Å². The molecule has 6 amide bonds. The molecule has 1 saturated heterocycles. The van der Waals surface area contributed by atoms with Gasteiger partial charge < -0.3 is 46.4 Å². The Morgan fingerprint density at radius 2 is 1.67 bits per heavy atom. The largest absolute Gasteiger partial charge is 0.469 e. The van der Waals surface area contributed by atoms with Gasteiger partial charge in [-0.15, -0.1) is 0 Å². The molecule has 49 heavy (non-hydrogen) atoms. The lowest BCUT2D eigenvalue weighted by Gasteiger charge is -2.32. The minimum Gasteiger partial charge on any atom is -0.469 e. The second kappa shape index (κ2) is 20.6. The first-order chi connectivity index (χ1) is 23.6. The number of nitrogens with zero attached hydrogens (tertiary/aromatic N) is 1. The third-order valence-corrected chi connectivity index (χ3v) is 8.04. The number of nitrogens with one attached hydrogen (secondary N) is 5. The van der Waals surface area contributed by atoms with Crippen molar-refractivity contribution in [3.63, 3.8) is 0 Å². The van der Waals surface area contributed by atoms with Crippen LogP contribution in [0.25, 0.3) is 0 Å². The minimum atomic E-state index is -0.939. The molecule has 2 aromatic rings. The number of ether oxygens (including phenoxy) is 1. The number of carbonyl (C=O) groups is 6. The first-order valence-corrected chi connectivity index (χ1v) is 16.6. The number of hydrogen-bond acceptors (Lipinski definition) is 9. The van der Waals surface area contributed by atoms with Gasteiger partial charge in [-0.05, 0) is 42.5 Å². The summed E-state index contributed by atoms with van der Waals surface area (Å²) in [4.78, 5) is 77.6. The summed E-state index contributed by atoms with van der Waals surface area (Å²) >= 11 is 0. The smallest absolute Gasteiger partial charge is 0.243 e. The van der Waals surface area contributed by atoms with E-state index in [1.807, 2.05) is 0 Å². The van der Waals surface area contributed by atoms with Gasteiger partial charge >= 0.3 is 0 Å². The number of carbonyl (C=O) groups excluding carboxylic acids is 6. The highest BCUT2D eigenvalue weighted by atomic mass is 16.5. The summed E-state index contributed by atoms with van der Waals surface area (Å²) in [6, 6.07) is 8.67. The normalized spacial score (nSPS) is 15.4. The molecule has 0 spiro atoms. The van der Waals surface area contributed by atoms with Crippen molar-refractivity contribution in [2.24, 2.45) is 11.7 Å². The van der Waals surface area contributed by atoms with Crippen LogP contribution in [0.2, 0.25) is 0 Å². The zero-order chi connectivity index (χ0) is 35.6. The molecule has 1 aliphatic heterocycles. The van der Waals surface area contributed by atoms with Crippen molar-refractivity contribution in [3.8, 4) is 0 Å². The van der Waals surface area contributed by atoms with Crippen LogP contribution in [0.5, 0.6) is 0 Å². The van der Waals surface area contributed by atoms with Crippen LogP contribution in [-0.2, 0) is 52.9 Å². The van der Waals surface area contributed by atoms with Gasteiger partial charge in [-0.3, -0.25) is 28.8 Å². The summed E-state index contributed by atoms with van der Waals surface area (Å²) in [6.45, 7) is 5.21. The lowest BCUT2D eigenvalue weighted by Crippen LogP contribution is -2.52. The fraction of sp³-hybridized carbons (Fsp3) is 0.529. The molecule has 0 saturated carbocycles. The van der Waals surface area contributed by atoms with Crippen molar-refractivity contribution in [1.82, 2.24) is 31.5 Å². The van der Waals surface area contributed by atoms with E-state index in [9.17, 15) is 28.8 Å². The summed E-state index contributed by atoms with van der Waals surface area (Å²) < 4.78 is 10.7. The molecule has 1 aromatic heterocycles. The van der Waals surface area contributed by atoms with Crippen LogP contribution in [-0.4, -0.2) is 98.4 Å². The maximum Gasteiger partial charge on any atom is 0.243 e. The molecule has 268 valence electrons. The fourth-order valence-corrected chi connectivity index (χ4v) is 5.45. The van der Waals surface area contributed by atoms with Crippen molar-refractivity contribution in [2.75, 3.05) is 45.9 Å². The Morgan fingerprint density at radius 3 is 2.37 bits per heavy atom. The summed E-state index contributed by atoms with van der Waals surface area (Å²) in [5.74, 6) is -1.84. The van der Waals surface area contributed by atoms with Gasteiger partial charge in [-0.1, -0.05) is 24.3 Å². The van der Waals surface area contributed by atoms with Gasteiger partial charge in [0.05, 0.1) is 31.8 Å². The summed E-state index contributed by atoms with van der Waals surface area (Å²) in [5, 5.41) is 13.9. The van der Waals surface area contributed by atoms with Gasteiger partial charge in [-0.25, -0.2) is 0 Å². The number of piperidine rings is 1. The Balaban J connectivity index is 1.63. The summed E-state index contributed by atoms with van der Waals surface area (Å²) in [6.07, 6.45) is 3.02. The molecule has 2 heterocycles. The molecule has 0 aliphatic carbocycles. The highest BCUT2D eigenvalue weighted by Crippen LogP contribution is 2.18. The maximum atomic E-state index is 13.5. The van der Waals surface area contributed by atoms with Crippen molar-refractivity contribution in [2.45, 2.75) is 64.6 Å². The van der Waals surface area contributed by atoms with Crippen LogP contribution < -0.4 is 32.3 Å². The second-order valence-electron chi connectivity index (χ2n) is 11.9. The van der Waals surface area contributed by atoms with Gasteiger partial charge in [0.1, 0.15) is 17.8 Å². The van der Waals surface area contributed by atoms with Crippen LogP contribution in [0.1, 0.15) is 50.0 Å². The average Bonchev–Trinajstić information content (AvgIpc) is 3.60. The first kappa shape index (κ1) is 38.7. The van der Waals surface area contributed by atoms with E-state index in [0.717, 1.165) is 0 Å². The average molecular weight is 684 g/mol. The van der Waals surface area contributed by atoms with E-state index in [2.05, 4.69) is 26.6 Å². The Hall–Kier alpha value is -4.76. The molecular formula is C34H49N7O8. The quantitative estimate of drug-likeness (QED) is 0.105. The van der Waals surface area contributed by atoms with Gasteiger partial charge in [0.15, 0.2) is 0 Å². The van der Waals surface area contributed by atoms with Crippen LogP contribution >= 0.6 is 0 Å². The molecule has 1 fully saturated rings. The number of furan rings is 1. The number of amides is 6. The van der Waals surface area contributed by atoms with Gasteiger partial charge in [0.2, 0.25) is 35.4 Å². The molecule has 3 rings (SSSR count). The fourth-order valence-electron chi connectivity index (χ4n) is 5.45. The third-order valence-electron chi connectivity index (χ3n) is 8.04. The molecular weight excluding hydrogens is 634 g/mol. The Labute approximate surface area is 286 Å². The number of benzene rings is 1. The zero-order valence-corrected chi connectivity index (χ0v) is 28.3. The van der Waals surface area contributed by atoms with Crippen LogP contribution in [0.4, 0.5) is 0 Å². The van der Waals surface area contributed by atoms with Crippen LogP contribution in [0.15, 0.2) is 47.1 Å². The first-order valence-electron chi connectivity index (χ1n) is 16.6. The molecule has 15 heteroatoms. The van der Waals surface area contributed by atoms with E-state index in [0.29, 0.717) is 56.0 Å². The second-order valence-corrected chi connectivity index (χ2v) is 11.9. The summed E-state index contributed by atoms with van der Waals surface area (Å²) in [5.41, 5.74) is 6.72. The highest BCUT2D eigenvalue weighted by Gasteiger charge is 2.31. The third kappa shape index (κ3) is 13.7. The van der Waals surface area contributed by atoms with E-state index in [4.69, 9.17) is 14.9 Å². The number of hydrogen-bond donors (Lipinski definition) is 6. The van der Waals surface area contributed by atoms with E-state index >= 15 is 0 Å². The molecule has 0 radical (unpaired) electrons. The molecule has 0 unspecified atom stereocenters. The number of likely N-dealkylation sites (tertiary alicyclic amines) is 1. The van der Waals surface area contributed by atoms with E-state index in [-0.39, 0.29) is 63.2 Å². The number of rotatable bonds is 19. The van der Waals surface area contributed by atoms with E-state index in [1.165, 1.54) is 20.1 Å². The van der Waals surface area contributed by atoms with Gasteiger partial charge in [0.25, 0.3) is 0 Å². The molecule has 15 nitrogen and oxygen atoms in total. The zero-order valence-electron chi connectivity index (χ0n) is 28.3. The maximum absolute atomic E-state index is 13.5. The predicted octanol–water partition coefficient (Wildman–Crippen LogP) is -0.473. The van der Waals surface area contributed by atoms with Gasteiger partial charge in [-0.2, -0.15) is 0 Å². The summed E-state index contributed by atoms with van der Waals surface area (Å²) in [7, 11) is 0. The van der Waals surface area contributed by atoms with Gasteiger partial charge in [0, 0.05) is 59.5 Å².